The first-order valence-electron chi connectivity index (χ1n) is 5.69. The third kappa shape index (κ3) is 3.90. The highest BCUT2D eigenvalue weighted by atomic mass is 35.5. The highest BCUT2D eigenvalue weighted by Gasteiger charge is 2.07. The Kier molecular flexibility index (Phi) is 4.70. The van der Waals surface area contributed by atoms with Crippen LogP contribution in [0.1, 0.15) is 11.8 Å². The number of hydrogen-bond acceptors (Lipinski definition) is 5. The van der Waals surface area contributed by atoms with Crippen molar-refractivity contribution in [2.45, 2.75) is 12.8 Å². The van der Waals surface area contributed by atoms with E-state index in [-0.39, 0.29) is 18.2 Å². The molecule has 7 heteroatoms. The molecule has 0 saturated carbocycles. The van der Waals surface area contributed by atoms with E-state index < -0.39 is 5.82 Å². The van der Waals surface area contributed by atoms with E-state index in [1.54, 1.807) is 0 Å². The van der Waals surface area contributed by atoms with Crippen molar-refractivity contribution in [1.29, 1.82) is 0 Å². The van der Waals surface area contributed by atoms with Crippen LogP contribution in [0.3, 0.4) is 0 Å². The molecular formula is C12H12ClFN2O3. The minimum atomic E-state index is -0.414. The Morgan fingerprint density at radius 3 is 2.68 bits per heavy atom. The monoisotopic (exact) mass is 286 g/mol. The molecule has 0 saturated heterocycles. The van der Waals surface area contributed by atoms with Crippen LogP contribution in [0.25, 0.3) is 0 Å². The zero-order valence-electron chi connectivity index (χ0n) is 9.97. The predicted molar refractivity (Wildman–Crippen MR) is 65.7 cm³/mol. The van der Waals surface area contributed by atoms with Crippen molar-refractivity contribution in [3.8, 4) is 5.75 Å². The minimum Gasteiger partial charge on any atom is -0.491 e. The molecule has 102 valence electrons. The molecule has 0 radical (unpaired) electrons. The molecule has 1 aromatic carbocycles. The second-order valence-electron chi connectivity index (χ2n) is 3.74. The minimum absolute atomic E-state index is 0.0384. The number of rotatable bonds is 6. The van der Waals surface area contributed by atoms with E-state index in [1.165, 1.54) is 18.2 Å². The third-order valence-electron chi connectivity index (χ3n) is 2.30. The lowest BCUT2D eigenvalue weighted by Crippen LogP contribution is -2.02. The van der Waals surface area contributed by atoms with Crippen molar-refractivity contribution in [3.63, 3.8) is 0 Å². The number of aliphatic hydroxyl groups excluding tert-OH is 1. The molecule has 0 amide bonds. The van der Waals surface area contributed by atoms with E-state index in [0.717, 1.165) is 0 Å². The van der Waals surface area contributed by atoms with Crippen molar-refractivity contribution < 1.29 is 18.7 Å². The van der Waals surface area contributed by atoms with Crippen molar-refractivity contribution in [1.82, 2.24) is 10.2 Å². The van der Waals surface area contributed by atoms with E-state index in [1.807, 2.05) is 0 Å². The Balaban J connectivity index is 1.85. The van der Waals surface area contributed by atoms with E-state index >= 15 is 0 Å². The molecule has 5 nitrogen and oxygen atoms in total. The van der Waals surface area contributed by atoms with Crippen LogP contribution in [-0.4, -0.2) is 28.5 Å². The summed E-state index contributed by atoms with van der Waals surface area (Å²) in [7, 11) is 0. The van der Waals surface area contributed by atoms with Gasteiger partial charge in [-0.05, 0) is 18.2 Å². The average Bonchev–Trinajstić information content (AvgIpc) is 2.80. The van der Waals surface area contributed by atoms with Crippen LogP contribution >= 0.6 is 11.6 Å². The highest BCUT2D eigenvalue weighted by molar-refractivity contribution is 6.32. The first-order valence-corrected chi connectivity index (χ1v) is 6.07. The summed E-state index contributed by atoms with van der Waals surface area (Å²) in [5, 5.41) is 16.5. The number of ether oxygens (including phenoxy) is 1. The Morgan fingerprint density at radius 2 is 2.00 bits per heavy atom. The normalized spacial score (nSPS) is 10.7. The van der Waals surface area contributed by atoms with Gasteiger partial charge in [0.15, 0.2) is 0 Å². The molecular weight excluding hydrogens is 275 g/mol. The van der Waals surface area contributed by atoms with Crippen molar-refractivity contribution in [2.75, 3.05) is 13.2 Å². The fourth-order valence-corrected chi connectivity index (χ4v) is 1.65. The molecule has 0 aliphatic heterocycles. The van der Waals surface area contributed by atoms with Crippen LogP contribution in [0, 0.1) is 5.82 Å². The third-order valence-corrected chi connectivity index (χ3v) is 2.60. The number of nitrogens with zero attached hydrogens (tertiary/aromatic N) is 2. The maximum Gasteiger partial charge on any atom is 0.219 e. The molecule has 1 heterocycles. The number of halogens is 2. The van der Waals surface area contributed by atoms with Gasteiger partial charge in [0.2, 0.25) is 11.8 Å². The Labute approximate surface area is 114 Å². The molecule has 0 fully saturated rings. The molecule has 1 N–H and O–H groups in total. The first-order chi connectivity index (χ1) is 9.19. The van der Waals surface area contributed by atoms with Crippen LogP contribution in [0.15, 0.2) is 22.6 Å². The lowest BCUT2D eigenvalue weighted by atomic mass is 10.3. The molecule has 19 heavy (non-hydrogen) atoms. The maximum absolute atomic E-state index is 12.8. The summed E-state index contributed by atoms with van der Waals surface area (Å²) in [4.78, 5) is 0. The van der Waals surface area contributed by atoms with Gasteiger partial charge in [-0.3, -0.25) is 0 Å². The van der Waals surface area contributed by atoms with Crippen LogP contribution in [-0.2, 0) is 12.8 Å². The fraction of sp³-hybridized carbons (Fsp3) is 0.333. The number of aromatic nitrogens is 2. The van der Waals surface area contributed by atoms with E-state index in [4.69, 9.17) is 25.9 Å². The number of hydrogen-bond donors (Lipinski definition) is 1. The largest absolute Gasteiger partial charge is 0.491 e. The topological polar surface area (TPSA) is 68.4 Å². The summed E-state index contributed by atoms with van der Waals surface area (Å²) in [5.41, 5.74) is 0. The molecule has 2 rings (SSSR count). The van der Waals surface area contributed by atoms with Crippen LogP contribution < -0.4 is 4.74 Å². The fourth-order valence-electron chi connectivity index (χ4n) is 1.43. The van der Waals surface area contributed by atoms with Gasteiger partial charge in [-0.25, -0.2) is 4.39 Å². The van der Waals surface area contributed by atoms with Crippen molar-refractivity contribution in [2.24, 2.45) is 0 Å². The summed E-state index contributed by atoms with van der Waals surface area (Å²) in [6.45, 7) is 0.245. The van der Waals surface area contributed by atoms with E-state index in [2.05, 4.69) is 10.2 Å². The molecule has 2 aromatic rings. The predicted octanol–water partition coefficient (Wildman–Crippen LogP) is 2.02. The van der Waals surface area contributed by atoms with Gasteiger partial charge in [0.05, 0.1) is 24.7 Å². The summed E-state index contributed by atoms with van der Waals surface area (Å²) >= 11 is 5.81. The summed E-state index contributed by atoms with van der Waals surface area (Å²) in [6, 6.07) is 3.92. The smallest absolute Gasteiger partial charge is 0.219 e. The van der Waals surface area contributed by atoms with Gasteiger partial charge in [-0.1, -0.05) is 11.6 Å². The highest BCUT2D eigenvalue weighted by Crippen LogP contribution is 2.24. The van der Waals surface area contributed by atoms with Gasteiger partial charge < -0.3 is 14.3 Å². The number of aliphatic hydroxyl groups is 1. The second-order valence-corrected chi connectivity index (χ2v) is 4.14. The molecule has 1 aromatic heterocycles. The summed E-state index contributed by atoms with van der Waals surface area (Å²) in [6.07, 6.45) is 0.740. The molecule has 0 spiro atoms. The molecule has 0 bridgehead atoms. The first kappa shape index (κ1) is 13.8. The van der Waals surface area contributed by atoms with Gasteiger partial charge >= 0.3 is 0 Å². The van der Waals surface area contributed by atoms with Gasteiger partial charge in [-0.15, -0.1) is 10.2 Å². The molecule has 0 atom stereocenters. The van der Waals surface area contributed by atoms with Gasteiger partial charge in [0.1, 0.15) is 11.6 Å². The Hall–Kier alpha value is -1.66. The van der Waals surface area contributed by atoms with Crippen LogP contribution in [0.2, 0.25) is 5.02 Å². The Morgan fingerprint density at radius 1 is 1.26 bits per heavy atom. The Bertz CT molecular complexity index is 548. The lowest BCUT2D eigenvalue weighted by Gasteiger charge is -2.06. The van der Waals surface area contributed by atoms with Crippen LogP contribution in [0.4, 0.5) is 4.39 Å². The molecule has 0 unspecified atom stereocenters. The van der Waals surface area contributed by atoms with Gasteiger partial charge in [0.25, 0.3) is 0 Å². The second kappa shape index (κ2) is 6.49. The van der Waals surface area contributed by atoms with Crippen molar-refractivity contribution >= 4 is 11.6 Å². The zero-order chi connectivity index (χ0) is 13.7. The lowest BCUT2D eigenvalue weighted by molar-refractivity contribution is 0.278. The average molecular weight is 287 g/mol. The maximum atomic E-state index is 12.8. The van der Waals surface area contributed by atoms with Gasteiger partial charge in [0, 0.05) is 6.42 Å². The standard InChI is InChI=1S/C12H12ClFN2O3/c13-9-7-8(14)1-2-10(9)18-6-4-12-16-15-11(19-12)3-5-17/h1-2,7,17H,3-6H2. The summed E-state index contributed by atoms with van der Waals surface area (Å²) < 4.78 is 23.5. The number of benzene rings is 1. The van der Waals surface area contributed by atoms with Gasteiger partial charge in [-0.2, -0.15) is 0 Å². The quantitative estimate of drug-likeness (QED) is 0.880. The SMILES string of the molecule is OCCc1nnc(CCOc2ccc(F)cc2Cl)o1. The van der Waals surface area contributed by atoms with E-state index in [9.17, 15) is 4.39 Å². The van der Waals surface area contributed by atoms with E-state index in [0.29, 0.717) is 30.4 Å². The molecule has 0 aliphatic rings. The summed E-state index contributed by atoms with van der Waals surface area (Å²) in [5.74, 6) is 0.792. The van der Waals surface area contributed by atoms with Crippen LogP contribution in [0.5, 0.6) is 5.75 Å². The molecule has 0 aliphatic carbocycles. The zero-order valence-corrected chi connectivity index (χ0v) is 10.7. The van der Waals surface area contributed by atoms with Crippen molar-refractivity contribution in [3.05, 3.63) is 40.8 Å².